The Kier molecular flexibility index (Phi) is 3.00. The fraction of sp³-hybridized carbons (Fsp3) is 0.455. The second kappa shape index (κ2) is 4.81. The van der Waals surface area contributed by atoms with Crippen LogP contribution in [0.5, 0.6) is 0 Å². The first-order valence-corrected chi connectivity index (χ1v) is 6.10. The van der Waals surface area contributed by atoms with Gasteiger partial charge in [0.1, 0.15) is 0 Å². The Labute approximate surface area is 110 Å². The molecule has 0 unspecified atom stereocenters. The number of aromatic nitrogens is 5. The second-order valence-electron chi connectivity index (χ2n) is 4.31. The number of hydrogen-bond acceptors (Lipinski definition) is 7. The fourth-order valence-electron chi connectivity index (χ4n) is 1.88. The molecule has 2 aromatic rings. The number of hydrogen-bond donors (Lipinski definition) is 1. The summed E-state index contributed by atoms with van der Waals surface area (Å²) >= 11 is 0. The van der Waals surface area contributed by atoms with Gasteiger partial charge in [0.2, 0.25) is 11.9 Å². The largest absolute Gasteiger partial charge is 0.378 e. The van der Waals surface area contributed by atoms with E-state index in [2.05, 4.69) is 20.3 Å². The maximum atomic E-state index is 5.88. The molecule has 3 heterocycles. The minimum Gasteiger partial charge on any atom is -0.378 e. The molecule has 1 saturated heterocycles. The lowest BCUT2D eigenvalue weighted by Gasteiger charge is -2.25. The molecule has 19 heavy (non-hydrogen) atoms. The quantitative estimate of drug-likeness (QED) is 0.798. The number of ether oxygens (including phenoxy) is 1. The number of nitrogen functional groups attached to an aromatic ring is 1. The van der Waals surface area contributed by atoms with Crippen molar-refractivity contribution in [1.29, 1.82) is 0 Å². The van der Waals surface area contributed by atoms with Gasteiger partial charge in [-0.3, -0.25) is 0 Å². The monoisotopic (exact) mass is 261 g/mol. The van der Waals surface area contributed by atoms with E-state index in [0.29, 0.717) is 30.9 Å². The van der Waals surface area contributed by atoms with Crippen molar-refractivity contribution in [2.45, 2.75) is 6.92 Å². The third-order valence-electron chi connectivity index (χ3n) is 2.92. The number of nitrogens with two attached hydrogens (primary N) is 1. The van der Waals surface area contributed by atoms with Gasteiger partial charge in [-0.25, -0.2) is 0 Å². The molecular formula is C11H15N7O. The highest BCUT2D eigenvalue weighted by molar-refractivity contribution is 5.40. The van der Waals surface area contributed by atoms with Crippen LogP contribution in [0, 0.1) is 6.92 Å². The molecule has 8 nitrogen and oxygen atoms in total. The fourth-order valence-corrected chi connectivity index (χ4v) is 1.88. The van der Waals surface area contributed by atoms with Crippen molar-refractivity contribution in [2.24, 2.45) is 0 Å². The van der Waals surface area contributed by atoms with Gasteiger partial charge in [0.05, 0.1) is 18.9 Å². The van der Waals surface area contributed by atoms with Crippen molar-refractivity contribution < 1.29 is 4.74 Å². The minimum atomic E-state index is 0.305. The van der Waals surface area contributed by atoms with E-state index in [4.69, 9.17) is 10.5 Å². The molecule has 3 rings (SSSR count). The summed E-state index contributed by atoms with van der Waals surface area (Å²) in [6.07, 6.45) is 0. The van der Waals surface area contributed by atoms with Gasteiger partial charge in [-0.15, -0.1) is 10.2 Å². The van der Waals surface area contributed by atoms with Crippen LogP contribution in [0.15, 0.2) is 12.1 Å². The summed E-state index contributed by atoms with van der Waals surface area (Å²) in [5, 5.41) is 12.4. The lowest BCUT2D eigenvalue weighted by Crippen LogP contribution is -2.37. The number of morpholine rings is 1. The summed E-state index contributed by atoms with van der Waals surface area (Å²) in [5.41, 5.74) is 6.73. The first kappa shape index (κ1) is 11.8. The first-order valence-electron chi connectivity index (χ1n) is 6.10. The van der Waals surface area contributed by atoms with Crippen molar-refractivity contribution >= 4 is 11.9 Å². The van der Waals surface area contributed by atoms with E-state index in [9.17, 15) is 0 Å². The topological polar surface area (TPSA) is 95.0 Å². The van der Waals surface area contributed by atoms with Crippen LogP contribution in [-0.2, 0) is 4.74 Å². The van der Waals surface area contributed by atoms with E-state index in [1.807, 2.05) is 24.0 Å². The molecule has 2 aromatic heterocycles. The van der Waals surface area contributed by atoms with Crippen LogP contribution < -0.4 is 10.6 Å². The highest BCUT2D eigenvalue weighted by Gasteiger charge is 2.18. The average Bonchev–Trinajstić information content (AvgIpc) is 2.83. The summed E-state index contributed by atoms with van der Waals surface area (Å²) in [6, 6.07) is 3.67. The zero-order chi connectivity index (χ0) is 13.2. The SMILES string of the molecule is Cc1ccc(-n2nc(N3CCOCC3)nc2N)nn1. The Bertz CT molecular complexity index is 559. The molecule has 0 aromatic carbocycles. The van der Waals surface area contributed by atoms with Crippen LogP contribution in [0.25, 0.3) is 5.82 Å². The van der Waals surface area contributed by atoms with E-state index in [0.717, 1.165) is 18.8 Å². The second-order valence-corrected chi connectivity index (χ2v) is 4.31. The standard InChI is InChI=1S/C11H15N7O/c1-8-2-3-9(15-14-8)18-10(12)13-11(16-18)17-4-6-19-7-5-17/h2-3H,4-7H2,1H3,(H2,12,13,16). The lowest BCUT2D eigenvalue weighted by atomic mass is 10.4. The molecule has 1 aliphatic heterocycles. The predicted octanol–water partition coefficient (Wildman–Crippen LogP) is -0.215. The molecule has 8 heteroatoms. The van der Waals surface area contributed by atoms with Gasteiger partial charge in [-0.1, -0.05) is 0 Å². The van der Waals surface area contributed by atoms with Crippen LogP contribution >= 0.6 is 0 Å². The molecule has 1 aliphatic rings. The molecule has 0 radical (unpaired) electrons. The Morgan fingerprint density at radius 3 is 2.68 bits per heavy atom. The van der Waals surface area contributed by atoms with Gasteiger partial charge in [0.15, 0.2) is 5.82 Å². The van der Waals surface area contributed by atoms with Gasteiger partial charge in [-0.2, -0.15) is 14.8 Å². The number of aryl methyl sites for hydroxylation is 1. The van der Waals surface area contributed by atoms with Crippen LogP contribution in [0.2, 0.25) is 0 Å². The van der Waals surface area contributed by atoms with Crippen LogP contribution in [0.4, 0.5) is 11.9 Å². The number of rotatable bonds is 2. The molecule has 100 valence electrons. The van der Waals surface area contributed by atoms with Crippen LogP contribution in [0.3, 0.4) is 0 Å². The Morgan fingerprint density at radius 2 is 2.00 bits per heavy atom. The number of nitrogens with zero attached hydrogens (tertiary/aromatic N) is 6. The zero-order valence-electron chi connectivity index (χ0n) is 10.7. The van der Waals surface area contributed by atoms with Crippen molar-refractivity contribution in [1.82, 2.24) is 25.0 Å². The van der Waals surface area contributed by atoms with E-state index in [1.165, 1.54) is 4.68 Å². The maximum absolute atomic E-state index is 5.88. The van der Waals surface area contributed by atoms with Crippen molar-refractivity contribution in [2.75, 3.05) is 36.9 Å². The summed E-state index contributed by atoms with van der Waals surface area (Å²) in [5.74, 6) is 1.47. The first-order chi connectivity index (χ1) is 9.24. The van der Waals surface area contributed by atoms with Crippen molar-refractivity contribution in [3.05, 3.63) is 17.8 Å². The summed E-state index contributed by atoms with van der Waals surface area (Å²) in [6.45, 7) is 4.77. The summed E-state index contributed by atoms with van der Waals surface area (Å²) in [7, 11) is 0. The van der Waals surface area contributed by atoms with Gasteiger partial charge in [0, 0.05) is 13.1 Å². The Balaban J connectivity index is 1.90. The Hall–Kier alpha value is -2.22. The highest BCUT2D eigenvalue weighted by Crippen LogP contribution is 2.15. The highest BCUT2D eigenvalue weighted by atomic mass is 16.5. The molecule has 0 amide bonds. The molecule has 0 bridgehead atoms. The van der Waals surface area contributed by atoms with Gasteiger partial charge >= 0.3 is 0 Å². The van der Waals surface area contributed by atoms with Crippen molar-refractivity contribution in [3.63, 3.8) is 0 Å². The maximum Gasteiger partial charge on any atom is 0.247 e. The lowest BCUT2D eigenvalue weighted by molar-refractivity contribution is 0.122. The summed E-state index contributed by atoms with van der Waals surface area (Å²) < 4.78 is 6.80. The number of anilines is 2. The predicted molar refractivity (Wildman–Crippen MR) is 69.1 cm³/mol. The van der Waals surface area contributed by atoms with Crippen molar-refractivity contribution in [3.8, 4) is 5.82 Å². The van der Waals surface area contributed by atoms with E-state index >= 15 is 0 Å². The average molecular weight is 261 g/mol. The molecule has 2 N–H and O–H groups in total. The van der Waals surface area contributed by atoms with Gasteiger partial charge < -0.3 is 15.4 Å². The van der Waals surface area contributed by atoms with E-state index in [1.54, 1.807) is 0 Å². The molecule has 0 atom stereocenters. The Morgan fingerprint density at radius 1 is 1.21 bits per heavy atom. The molecular weight excluding hydrogens is 246 g/mol. The van der Waals surface area contributed by atoms with Crippen LogP contribution in [-0.4, -0.2) is 51.3 Å². The molecule has 0 aliphatic carbocycles. The third kappa shape index (κ3) is 2.34. The molecule has 0 saturated carbocycles. The third-order valence-corrected chi connectivity index (χ3v) is 2.92. The molecule has 1 fully saturated rings. The van der Waals surface area contributed by atoms with E-state index in [-0.39, 0.29) is 0 Å². The summed E-state index contributed by atoms with van der Waals surface area (Å²) in [4.78, 5) is 6.30. The van der Waals surface area contributed by atoms with E-state index < -0.39 is 0 Å². The zero-order valence-corrected chi connectivity index (χ0v) is 10.7. The van der Waals surface area contributed by atoms with Crippen LogP contribution in [0.1, 0.15) is 5.69 Å². The molecule has 0 spiro atoms. The smallest absolute Gasteiger partial charge is 0.247 e. The van der Waals surface area contributed by atoms with Gasteiger partial charge in [-0.05, 0) is 19.1 Å². The normalized spacial score (nSPS) is 15.7. The minimum absolute atomic E-state index is 0.305. The van der Waals surface area contributed by atoms with Gasteiger partial charge in [0.25, 0.3) is 0 Å².